The maximum atomic E-state index is 14.0. The topological polar surface area (TPSA) is 88.2 Å². The summed E-state index contributed by atoms with van der Waals surface area (Å²) >= 11 is 5.83. The number of benzene rings is 2. The van der Waals surface area contributed by atoms with Gasteiger partial charge in [-0.15, -0.1) is 0 Å². The van der Waals surface area contributed by atoms with Gasteiger partial charge in [0.05, 0.1) is 10.5 Å². The van der Waals surface area contributed by atoms with Gasteiger partial charge in [-0.05, 0) is 36.3 Å². The van der Waals surface area contributed by atoms with Crippen molar-refractivity contribution in [3.8, 4) is 0 Å². The maximum absolute atomic E-state index is 14.0. The second-order valence-corrected chi connectivity index (χ2v) is 7.10. The molecule has 4 N–H and O–H groups in total. The minimum absolute atomic E-state index is 0.0795. The Hall–Kier alpha value is -3.19. The first-order valence-electron chi connectivity index (χ1n) is 9.26. The molecule has 0 fully saturated rings. The van der Waals surface area contributed by atoms with Gasteiger partial charge in [0.1, 0.15) is 17.7 Å². The summed E-state index contributed by atoms with van der Waals surface area (Å²) in [7, 11) is 0. The fourth-order valence-electron chi connectivity index (χ4n) is 3.09. The average molecular weight is 411 g/mol. The van der Waals surface area contributed by atoms with E-state index in [2.05, 4.69) is 20.6 Å². The Morgan fingerprint density at radius 1 is 1.34 bits per heavy atom. The predicted octanol–water partition coefficient (Wildman–Crippen LogP) is 3.79. The number of aromatic nitrogens is 2. The van der Waals surface area contributed by atoms with Crippen molar-refractivity contribution in [2.75, 3.05) is 18.4 Å². The molecule has 2 heterocycles. The van der Waals surface area contributed by atoms with Crippen molar-refractivity contribution in [3.05, 3.63) is 76.3 Å². The molecule has 29 heavy (non-hydrogen) atoms. The largest absolute Gasteiger partial charge is 0.387 e. The number of nitrogens with two attached hydrogens (primary N) is 1. The van der Waals surface area contributed by atoms with E-state index >= 15 is 0 Å². The number of halogens is 2. The predicted molar refractivity (Wildman–Crippen MR) is 115 cm³/mol. The first kappa shape index (κ1) is 19.1. The van der Waals surface area contributed by atoms with Crippen molar-refractivity contribution in [2.24, 2.45) is 10.7 Å². The minimum atomic E-state index is -0.478. The fraction of sp³-hybridized carbons (Fsp3) is 0.190. The third-order valence-corrected chi connectivity index (χ3v) is 4.99. The molecule has 8 heteroatoms. The van der Waals surface area contributed by atoms with Crippen LogP contribution in [0.25, 0.3) is 10.9 Å². The number of hydrogen-bond acceptors (Lipinski definition) is 5. The van der Waals surface area contributed by atoms with Crippen molar-refractivity contribution in [2.45, 2.75) is 13.0 Å². The zero-order valence-corrected chi connectivity index (χ0v) is 16.5. The number of aliphatic imine (C=N–C) groups is 1. The van der Waals surface area contributed by atoms with Crippen molar-refractivity contribution in [3.63, 3.8) is 0 Å². The lowest BCUT2D eigenvalue weighted by atomic mass is 9.96. The van der Waals surface area contributed by atoms with E-state index in [4.69, 9.17) is 22.3 Å². The molecule has 1 unspecified atom stereocenters. The van der Waals surface area contributed by atoms with Crippen LogP contribution in [-0.4, -0.2) is 28.9 Å². The van der Waals surface area contributed by atoms with Crippen molar-refractivity contribution < 1.29 is 4.39 Å². The third-order valence-electron chi connectivity index (χ3n) is 4.69. The van der Waals surface area contributed by atoms with E-state index < -0.39 is 5.82 Å². The van der Waals surface area contributed by atoms with E-state index in [0.29, 0.717) is 23.9 Å². The zero-order valence-electron chi connectivity index (χ0n) is 15.8. The van der Waals surface area contributed by atoms with Crippen molar-refractivity contribution in [1.82, 2.24) is 15.3 Å². The van der Waals surface area contributed by atoms with E-state index in [1.807, 2.05) is 31.3 Å². The summed E-state index contributed by atoms with van der Waals surface area (Å²) < 4.78 is 14.0. The quantitative estimate of drug-likeness (QED) is 0.425. The molecule has 0 bridgehead atoms. The Bertz CT molecular complexity index is 1130. The van der Waals surface area contributed by atoms with Crippen molar-refractivity contribution >= 4 is 34.3 Å². The summed E-state index contributed by atoms with van der Waals surface area (Å²) in [5, 5.41) is 7.16. The lowest BCUT2D eigenvalue weighted by Crippen LogP contribution is -2.27. The number of fused-ring (bicyclic) bond motifs is 1. The van der Waals surface area contributed by atoms with Crippen LogP contribution in [0.4, 0.5) is 10.3 Å². The highest BCUT2D eigenvalue weighted by Gasteiger charge is 2.21. The van der Waals surface area contributed by atoms with Crippen LogP contribution in [0.2, 0.25) is 5.02 Å². The second-order valence-electron chi connectivity index (χ2n) is 6.69. The molecule has 1 aromatic heterocycles. The molecule has 0 spiro atoms. The first-order chi connectivity index (χ1) is 14.0. The van der Waals surface area contributed by atoms with Crippen LogP contribution in [0.1, 0.15) is 24.1 Å². The number of amidine groups is 1. The molecule has 0 aliphatic carbocycles. The number of hydrogen-bond donors (Lipinski definition) is 3. The Balaban J connectivity index is 1.71. The van der Waals surface area contributed by atoms with E-state index in [-0.39, 0.29) is 11.1 Å². The Labute approximate surface area is 172 Å². The van der Waals surface area contributed by atoms with E-state index in [1.165, 1.54) is 12.1 Å². The molecule has 1 aliphatic heterocycles. The second kappa shape index (κ2) is 8.05. The molecule has 148 valence electrons. The summed E-state index contributed by atoms with van der Waals surface area (Å²) in [4.78, 5) is 13.5. The Morgan fingerprint density at radius 3 is 2.86 bits per heavy atom. The third kappa shape index (κ3) is 4.00. The SMILES string of the molecule is CCNc1ncc2ccc(C(N)=NC(C3=CNC3)c3ccc(Cl)c(F)c3)cc2n1. The number of nitrogens with zero attached hydrogens (tertiary/aromatic N) is 3. The van der Waals surface area contributed by atoms with Crippen LogP contribution in [-0.2, 0) is 0 Å². The molecular formula is C21H20ClFN6. The summed E-state index contributed by atoms with van der Waals surface area (Å²) in [6.07, 6.45) is 3.63. The van der Waals surface area contributed by atoms with Crippen LogP contribution in [0.3, 0.4) is 0 Å². The van der Waals surface area contributed by atoms with Gasteiger partial charge in [0.25, 0.3) is 0 Å². The molecular weight excluding hydrogens is 391 g/mol. The molecule has 0 radical (unpaired) electrons. The maximum Gasteiger partial charge on any atom is 0.223 e. The van der Waals surface area contributed by atoms with Crippen LogP contribution in [0.15, 0.2) is 59.4 Å². The summed E-state index contributed by atoms with van der Waals surface area (Å²) in [5.74, 6) is 0.436. The van der Waals surface area contributed by atoms with Gasteiger partial charge >= 0.3 is 0 Å². The lowest BCUT2D eigenvalue weighted by Gasteiger charge is -2.24. The van der Waals surface area contributed by atoms with Gasteiger partial charge in [-0.3, -0.25) is 4.99 Å². The molecule has 3 aromatic rings. The minimum Gasteiger partial charge on any atom is -0.387 e. The van der Waals surface area contributed by atoms with E-state index in [1.54, 1.807) is 12.3 Å². The summed E-state index contributed by atoms with van der Waals surface area (Å²) in [6, 6.07) is 9.98. The van der Waals surface area contributed by atoms with Crippen LogP contribution in [0, 0.1) is 5.82 Å². The van der Waals surface area contributed by atoms with E-state index in [9.17, 15) is 4.39 Å². The molecule has 0 saturated carbocycles. The molecule has 0 saturated heterocycles. The zero-order chi connectivity index (χ0) is 20.4. The smallest absolute Gasteiger partial charge is 0.223 e. The fourth-order valence-corrected chi connectivity index (χ4v) is 3.21. The summed E-state index contributed by atoms with van der Waals surface area (Å²) in [6.45, 7) is 3.39. The highest BCUT2D eigenvalue weighted by atomic mass is 35.5. The highest BCUT2D eigenvalue weighted by molar-refractivity contribution is 6.30. The van der Waals surface area contributed by atoms with Crippen LogP contribution >= 0.6 is 11.6 Å². The Kier molecular flexibility index (Phi) is 5.31. The normalized spacial score (nSPS) is 14.7. The van der Waals surface area contributed by atoms with Gasteiger partial charge in [-0.2, -0.15) is 0 Å². The first-order valence-corrected chi connectivity index (χ1v) is 9.64. The van der Waals surface area contributed by atoms with Crippen LogP contribution in [0.5, 0.6) is 0 Å². The molecule has 0 amide bonds. The molecule has 1 atom stereocenters. The van der Waals surface area contributed by atoms with Gasteiger partial charge in [-0.25, -0.2) is 14.4 Å². The van der Waals surface area contributed by atoms with Crippen molar-refractivity contribution in [1.29, 1.82) is 0 Å². The summed E-state index contributed by atoms with van der Waals surface area (Å²) in [5.41, 5.74) is 9.55. The average Bonchev–Trinajstić information content (AvgIpc) is 2.68. The Morgan fingerprint density at radius 2 is 2.17 bits per heavy atom. The van der Waals surface area contributed by atoms with E-state index in [0.717, 1.165) is 28.6 Å². The molecule has 6 nitrogen and oxygen atoms in total. The number of rotatable bonds is 6. The molecule has 2 aromatic carbocycles. The van der Waals surface area contributed by atoms with Gasteiger partial charge < -0.3 is 16.4 Å². The standard InChI is InChI=1S/C21H20ClFN6/c1-2-26-21-27-11-14-4-3-13(8-18(14)28-21)20(24)29-19(15-9-25-10-15)12-5-6-16(22)17(23)7-12/h3-9,11,19,25H,2,10H2,1H3,(H2,24,29)(H,26,27,28). The van der Waals surface area contributed by atoms with Gasteiger partial charge in [0.15, 0.2) is 0 Å². The lowest BCUT2D eigenvalue weighted by molar-refractivity contribution is 0.621. The number of nitrogens with one attached hydrogen (secondary N) is 2. The molecule has 1 aliphatic rings. The van der Waals surface area contributed by atoms with Gasteiger partial charge in [-0.1, -0.05) is 29.8 Å². The van der Waals surface area contributed by atoms with Gasteiger partial charge in [0.2, 0.25) is 5.95 Å². The van der Waals surface area contributed by atoms with Gasteiger partial charge in [0, 0.05) is 36.4 Å². The van der Waals surface area contributed by atoms with Crippen LogP contribution < -0.4 is 16.4 Å². The highest BCUT2D eigenvalue weighted by Crippen LogP contribution is 2.30. The monoisotopic (exact) mass is 410 g/mol. The molecule has 4 rings (SSSR count). The number of anilines is 1.